The molecule has 0 aromatic heterocycles. The van der Waals surface area contributed by atoms with Crippen molar-refractivity contribution in [1.82, 2.24) is 5.32 Å². The average Bonchev–Trinajstić information content (AvgIpc) is 2.57. The zero-order valence-electron chi connectivity index (χ0n) is 12.6. The van der Waals surface area contributed by atoms with Gasteiger partial charge in [-0.15, -0.1) is 0 Å². The van der Waals surface area contributed by atoms with Crippen molar-refractivity contribution in [2.75, 3.05) is 13.2 Å². The molecule has 0 aliphatic heterocycles. The second-order valence-corrected chi connectivity index (χ2v) is 5.18. The Morgan fingerprint density at radius 2 is 1.88 bits per heavy atom. The number of hydrogen-bond acceptors (Lipinski definition) is 4. The van der Waals surface area contributed by atoms with E-state index in [1.807, 2.05) is 0 Å². The van der Waals surface area contributed by atoms with E-state index in [0.717, 1.165) is 11.6 Å². The minimum Gasteiger partial charge on any atom is -0.482 e. The Hall–Kier alpha value is -2.60. The molecule has 0 radical (unpaired) electrons. The first-order valence-corrected chi connectivity index (χ1v) is 7.46. The van der Waals surface area contributed by atoms with Crippen molar-refractivity contribution in [1.29, 1.82) is 0 Å². The number of nitrogens with one attached hydrogen (secondary N) is 1. The SMILES string of the molecule is O=C(COC(=O)COc1cccc(F)c1)NCc1ccccc1Cl. The molecule has 0 aliphatic rings. The molecule has 0 saturated carbocycles. The van der Waals surface area contributed by atoms with Crippen LogP contribution in [0.2, 0.25) is 5.02 Å². The monoisotopic (exact) mass is 351 g/mol. The second-order valence-electron chi connectivity index (χ2n) is 4.77. The molecular weight excluding hydrogens is 337 g/mol. The topological polar surface area (TPSA) is 64.6 Å². The first-order chi connectivity index (χ1) is 11.5. The molecule has 7 heteroatoms. The van der Waals surface area contributed by atoms with E-state index in [1.54, 1.807) is 24.3 Å². The van der Waals surface area contributed by atoms with Crippen LogP contribution in [0.1, 0.15) is 5.56 Å². The lowest BCUT2D eigenvalue weighted by Crippen LogP contribution is -2.29. The first kappa shape index (κ1) is 17.7. The average molecular weight is 352 g/mol. The molecule has 2 aromatic carbocycles. The van der Waals surface area contributed by atoms with Crippen LogP contribution in [0.5, 0.6) is 5.75 Å². The lowest BCUT2D eigenvalue weighted by atomic mass is 10.2. The predicted octanol–water partition coefficient (Wildman–Crippen LogP) is 2.72. The Balaban J connectivity index is 1.68. The molecule has 0 saturated heterocycles. The molecule has 0 aliphatic carbocycles. The number of carbonyl (C=O) groups excluding carboxylic acids is 2. The molecule has 2 aromatic rings. The second kappa shape index (κ2) is 8.88. The number of hydrogen-bond donors (Lipinski definition) is 1. The van der Waals surface area contributed by atoms with Gasteiger partial charge in [-0.3, -0.25) is 4.79 Å². The third-order valence-corrected chi connectivity index (χ3v) is 3.32. The summed E-state index contributed by atoms with van der Waals surface area (Å²) in [6, 6.07) is 12.4. The fourth-order valence-corrected chi connectivity index (χ4v) is 1.98. The normalized spacial score (nSPS) is 10.1. The van der Waals surface area contributed by atoms with E-state index >= 15 is 0 Å². The lowest BCUT2D eigenvalue weighted by molar-refractivity contribution is -0.150. The highest BCUT2D eigenvalue weighted by Crippen LogP contribution is 2.14. The molecule has 24 heavy (non-hydrogen) atoms. The van der Waals surface area contributed by atoms with Crippen molar-refractivity contribution in [2.24, 2.45) is 0 Å². The van der Waals surface area contributed by atoms with Crippen LogP contribution in [-0.2, 0) is 20.9 Å². The first-order valence-electron chi connectivity index (χ1n) is 7.08. The van der Waals surface area contributed by atoms with Crippen LogP contribution in [0.3, 0.4) is 0 Å². The van der Waals surface area contributed by atoms with Crippen LogP contribution in [0.15, 0.2) is 48.5 Å². The van der Waals surface area contributed by atoms with Gasteiger partial charge in [0, 0.05) is 17.6 Å². The van der Waals surface area contributed by atoms with Gasteiger partial charge < -0.3 is 14.8 Å². The van der Waals surface area contributed by atoms with Gasteiger partial charge in [-0.05, 0) is 23.8 Å². The smallest absolute Gasteiger partial charge is 0.344 e. The van der Waals surface area contributed by atoms with Crippen molar-refractivity contribution in [2.45, 2.75) is 6.54 Å². The summed E-state index contributed by atoms with van der Waals surface area (Å²) < 4.78 is 22.8. The molecule has 2 rings (SSSR count). The minimum atomic E-state index is -0.729. The Morgan fingerprint density at radius 1 is 1.08 bits per heavy atom. The van der Waals surface area contributed by atoms with Gasteiger partial charge in [0.1, 0.15) is 11.6 Å². The van der Waals surface area contributed by atoms with Crippen molar-refractivity contribution in [3.05, 3.63) is 64.9 Å². The highest BCUT2D eigenvalue weighted by Gasteiger charge is 2.09. The van der Waals surface area contributed by atoms with E-state index in [0.29, 0.717) is 5.02 Å². The number of benzene rings is 2. The summed E-state index contributed by atoms with van der Waals surface area (Å²) in [4.78, 5) is 23.1. The lowest BCUT2D eigenvalue weighted by Gasteiger charge is -2.08. The van der Waals surface area contributed by atoms with Gasteiger partial charge in [0.05, 0.1) is 0 Å². The maximum Gasteiger partial charge on any atom is 0.344 e. The van der Waals surface area contributed by atoms with E-state index in [-0.39, 0.29) is 12.3 Å². The molecule has 0 fully saturated rings. The molecule has 1 N–H and O–H groups in total. The van der Waals surface area contributed by atoms with E-state index in [4.69, 9.17) is 21.1 Å². The van der Waals surface area contributed by atoms with Gasteiger partial charge in [0.25, 0.3) is 5.91 Å². The fourth-order valence-electron chi connectivity index (χ4n) is 1.77. The molecule has 126 valence electrons. The molecule has 0 spiro atoms. The molecule has 0 heterocycles. The molecule has 5 nitrogen and oxygen atoms in total. The molecule has 0 bridgehead atoms. The van der Waals surface area contributed by atoms with Crippen molar-refractivity contribution >= 4 is 23.5 Å². The quantitative estimate of drug-likeness (QED) is 0.779. The minimum absolute atomic E-state index is 0.204. The van der Waals surface area contributed by atoms with Gasteiger partial charge >= 0.3 is 5.97 Å². The van der Waals surface area contributed by atoms with E-state index in [2.05, 4.69) is 5.32 Å². The van der Waals surface area contributed by atoms with Crippen LogP contribution < -0.4 is 10.1 Å². The summed E-state index contributed by atoms with van der Waals surface area (Å²) in [5, 5.41) is 3.13. The number of carbonyl (C=O) groups is 2. The zero-order chi connectivity index (χ0) is 17.4. The highest BCUT2D eigenvalue weighted by atomic mass is 35.5. The molecule has 0 unspecified atom stereocenters. The maximum atomic E-state index is 12.9. The van der Waals surface area contributed by atoms with Crippen LogP contribution in [0, 0.1) is 5.82 Å². The van der Waals surface area contributed by atoms with Gasteiger partial charge in [0.15, 0.2) is 13.2 Å². The van der Waals surface area contributed by atoms with E-state index in [1.165, 1.54) is 18.2 Å². The highest BCUT2D eigenvalue weighted by molar-refractivity contribution is 6.31. The maximum absolute atomic E-state index is 12.9. The molecular formula is C17H15ClFNO4. The number of ether oxygens (including phenoxy) is 2. The zero-order valence-corrected chi connectivity index (χ0v) is 13.4. The van der Waals surface area contributed by atoms with Crippen molar-refractivity contribution < 1.29 is 23.5 Å². The van der Waals surface area contributed by atoms with Crippen molar-refractivity contribution in [3.8, 4) is 5.75 Å². The Kier molecular flexibility index (Phi) is 6.57. The Morgan fingerprint density at radius 3 is 2.62 bits per heavy atom. The Bertz CT molecular complexity index is 723. The number of rotatable bonds is 7. The summed E-state index contributed by atoms with van der Waals surface area (Å²) >= 11 is 5.97. The number of esters is 1. The standard InChI is InChI=1S/C17H15ClFNO4/c18-15-7-2-1-4-12(15)9-20-16(21)10-24-17(22)11-23-14-6-3-5-13(19)8-14/h1-8H,9-11H2,(H,20,21). The third kappa shape index (κ3) is 5.89. The third-order valence-electron chi connectivity index (χ3n) is 2.95. The van der Waals surface area contributed by atoms with Gasteiger partial charge in [-0.25, -0.2) is 9.18 Å². The summed E-state index contributed by atoms with van der Waals surface area (Å²) in [5.74, 6) is -1.46. The molecule has 0 atom stereocenters. The fraction of sp³-hybridized carbons (Fsp3) is 0.176. The number of amides is 1. The van der Waals surface area contributed by atoms with E-state index < -0.39 is 30.9 Å². The summed E-state index contributed by atoms with van der Waals surface area (Å²) in [7, 11) is 0. The Labute approximate surface area is 143 Å². The summed E-state index contributed by atoms with van der Waals surface area (Å²) in [6.07, 6.45) is 0. The van der Waals surface area contributed by atoms with Gasteiger partial charge in [-0.2, -0.15) is 0 Å². The van der Waals surface area contributed by atoms with Crippen LogP contribution >= 0.6 is 11.6 Å². The summed E-state index contributed by atoms with van der Waals surface area (Å²) in [6.45, 7) is -0.618. The molecule has 1 amide bonds. The van der Waals surface area contributed by atoms with E-state index in [9.17, 15) is 14.0 Å². The predicted molar refractivity (Wildman–Crippen MR) is 86.2 cm³/mol. The van der Waals surface area contributed by atoms with Crippen LogP contribution in [0.4, 0.5) is 4.39 Å². The number of halogens is 2. The largest absolute Gasteiger partial charge is 0.482 e. The van der Waals surface area contributed by atoms with Crippen molar-refractivity contribution in [3.63, 3.8) is 0 Å². The summed E-state index contributed by atoms with van der Waals surface area (Å²) in [5.41, 5.74) is 0.758. The van der Waals surface area contributed by atoms with Crippen LogP contribution in [0.25, 0.3) is 0 Å². The van der Waals surface area contributed by atoms with Gasteiger partial charge in [0.2, 0.25) is 0 Å². The van der Waals surface area contributed by atoms with Crippen LogP contribution in [-0.4, -0.2) is 25.1 Å². The van der Waals surface area contributed by atoms with Gasteiger partial charge in [-0.1, -0.05) is 35.9 Å².